The molecule has 166 valence electrons. The first-order chi connectivity index (χ1) is 14.7. The molecule has 2 amide bonds. The summed E-state index contributed by atoms with van der Waals surface area (Å²) in [4.78, 5) is 23.9. The molecule has 0 spiro atoms. The Morgan fingerprint density at radius 2 is 1.77 bits per heavy atom. The molecule has 0 unspecified atom stereocenters. The smallest absolute Gasteiger partial charge is 0.247 e. The number of hydrogen-bond donors (Lipinski definition) is 2. The van der Waals surface area contributed by atoms with Gasteiger partial charge in [0.25, 0.3) is 0 Å². The zero-order valence-electron chi connectivity index (χ0n) is 17.8. The zero-order chi connectivity index (χ0) is 23.0. The summed E-state index contributed by atoms with van der Waals surface area (Å²) in [6, 6.07) is 11.5. The van der Waals surface area contributed by atoms with Gasteiger partial charge in [-0.05, 0) is 55.3 Å². The van der Waals surface area contributed by atoms with E-state index >= 15 is 0 Å². The van der Waals surface area contributed by atoms with Gasteiger partial charge in [-0.25, -0.2) is 12.7 Å². The molecule has 2 aromatic carbocycles. The molecule has 0 heterocycles. The molecule has 0 aliphatic carbocycles. The quantitative estimate of drug-likeness (QED) is 0.547. The molecule has 0 fully saturated rings. The second kappa shape index (κ2) is 10.7. The highest BCUT2D eigenvalue weighted by Crippen LogP contribution is 2.29. The predicted octanol–water partition coefficient (Wildman–Crippen LogP) is 3.03. The normalized spacial score (nSPS) is 11.1. The Hall–Kier alpha value is -3.17. The second-order valence-corrected chi connectivity index (χ2v) is 8.97. The van der Waals surface area contributed by atoms with E-state index in [1.165, 1.54) is 38.4 Å². The third-order valence-corrected chi connectivity index (χ3v) is 6.16. The fourth-order valence-electron chi connectivity index (χ4n) is 2.68. The predicted molar refractivity (Wildman–Crippen MR) is 121 cm³/mol. The number of hydrogen-bond acceptors (Lipinski definition) is 5. The van der Waals surface area contributed by atoms with Gasteiger partial charge in [-0.15, -0.1) is 0 Å². The van der Waals surface area contributed by atoms with Crippen molar-refractivity contribution in [3.63, 3.8) is 0 Å². The van der Waals surface area contributed by atoms with E-state index in [2.05, 4.69) is 17.2 Å². The van der Waals surface area contributed by atoms with Gasteiger partial charge in [0.15, 0.2) is 0 Å². The number of sulfonamides is 1. The van der Waals surface area contributed by atoms with Gasteiger partial charge in [-0.3, -0.25) is 9.59 Å². The van der Waals surface area contributed by atoms with E-state index in [4.69, 9.17) is 4.74 Å². The summed E-state index contributed by atoms with van der Waals surface area (Å²) in [5.74, 6) is -0.170. The first kappa shape index (κ1) is 24.1. The Morgan fingerprint density at radius 1 is 1.10 bits per heavy atom. The third-order valence-electron chi connectivity index (χ3n) is 4.35. The zero-order valence-corrected chi connectivity index (χ0v) is 18.7. The van der Waals surface area contributed by atoms with Crippen LogP contribution < -0.4 is 15.4 Å². The molecule has 0 saturated heterocycles. The van der Waals surface area contributed by atoms with Gasteiger partial charge in [0.05, 0.1) is 17.2 Å². The fourth-order valence-corrected chi connectivity index (χ4v) is 3.61. The van der Waals surface area contributed by atoms with Gasteiger partial charge >= 0.3 is 0 Å². The summed E-state index contributed by atoms with van der Waals surface area (Å²) in [7, 11) is -0.761. The van der Waals surface area contributed by atoms with Gasteiger partial charge in [0.2, 0.25) is 21.8 Å². The number of nitrogens with zero attached hydrogens (tertiary/aromatic N) is 1. The molecule has 0 saturated carbocycles. The van der Waals surface area contributed by atoms with Gasteiger partial charge in [-0.2, -0.15) is 0 Å². The van der Waals surface area contributed by atoms with E-state index in [1.54, 1.807) is 19.1 Å². The standard InChI is InChI=1S/C22H27N3O5S/c1-5-21(26)23-17-10-7-16(8-11-17)9-14-22(27)24-19-15-18(31(28,29)25(3)4)12-13-20(19)30-6-2/h5,7-8,10-13,15H,1,6,9,14H2,2-4H3,(H,23,26)(H,24,27). The average Bonchev–Trinajstić information content (AvgIpc) is 2.74. The molecule has 0 aliphatic rings. The Kier molecular flexibility index (Phi) is 8.35. The summed E-state index contributed by atoms with van der Waals surface area (Å²) in [6.45, 7) is 5.58. The van der Waals surface area contributed by atoms with E-state index in [9.17, 15) is 18.0 Å². The Morgan fingerprint density at radius 3 is 2.35 bits per heavy atom. The summed E-state index contributed by atoms with van der Waals surface area (Å²) >= 11 is 0. The minimum absolute atomic E-state index is 0.0633. The van der Waals surface area contributed by atoms with Crippen LogP contribution in [-0.2, 0) is 26.0 Å². The molecule has 0 atom stereocenters. The van der Waals surface area contributed by atoms with Crippen molar-refractivity contribution in [3.05, 3.63) is 60.7 Å². The Balaban J connectivity index is 2.08. The van der Waals surface area contributed by atoms with Crippen LogP contribution >= 0.6 is 0 Å². The number of carbonyl (C=O) groups excluding carboxylic acids is 2. The van der Waals surface area contributed by atoms with Crippen LogP contribution in [0.2, 0.25) is 0 Å². The first-order valence-corrected chi connectivity index (χ1v) is 11.1. The number of amides is 2. The number of carbonyl (C=O) groups is 2. The lowest BCUT2D eigenvalue weighted by atomic mass is 10.1. The maximum Gasteiger partial charge on any atom is 0.247 e. The Bertz CT molecular complexity index is 1050. The van der Waals surface area contributed by atoms with Gasteiger partial charge in [0.1, 0.15) is 5.75 Å². The van der Waals surface area contributed by atoms with E-state index in [-0.39, 0.29) is 23.1 Å². The molecule has 2 rings (SSSR count). The van der Waals surface area contributed by atoms with E-state index in [0.29, 0.717) is 30.2 Å². The molecule has 8 nitrogen and oxygen atoms in total. The van der Waals surface area contributed by atoms with Crippen LogP contribution in [0.3, 0.4) is 0 Å². The highest BCUT2D eigenvalue weighted by molar-refractivity contribution is 7.89. The lowest BCUT2D eigenvalue weighted by Crippen LogP contribution is -2.22. The maximum atomic E-state index is 12.5. The third kappa shape index (κ3) is 6.66. The molecule has 0 bridgehead atoms. The molecular formula is C22H27N3O5S. The lowest BCUT2D eigenvalue weighted by molar-refractivity contribution is -0.116. The number of nitrogens with one attached hydrogen (secondary N) is 2. The second-order valence-electron chi connectivity index (χ2n) is 6.82. The van der Waals surface area contributed by atoms with Crippen LogP contribution in [0.5, 0.6) is 5.75 Å². The number of rotatable bonds is 10. The van der Waals surface area contributed by atoms with Crippen molar-refractivity contribution in [1.82, 2.24) is 4.31 Å². The van der Waals surface area contributed by atoms with Gasteiger partial charge in [0, 0.05) is 26.2 Å². The highest BCUT2D eigenvalue weighted by Gasteiger charge is 2.20. The Labute approximate surface area is 183 Å². The maximum absolute atomic E-state index is 12.5. The van der Waals surface area contributed by atoms with E-state index < -0.39 is 10.0 Å². The molecule has 0 aromatic heterocycles. The molecule has 31 heavy (non-hydrogen) atoms. The lowest BCUT2D eigenvalue weighted by Gasteiger charge is -2.16. The van der Waals surface area contributed by atoms with Gasteiger partial charge < -0.3 is 15.4 Å². The van der Waals surface area contributed by atoms with Crippen LogP contribution in [0.1, 0.15) is 18.9 Å². The van der Waals surface area contributed by atoms with Gasteiger partial charge in [-0.1, -0.05) is 18.7 Å². The number of anilines is 2. The number of ether oxygens (including phenoxy) is 1. The van der Waals surface area contributed by atoms with Crippen LogP contribution in [0.4, 0.5) is 11.4 Å². The molecule has 0 radical (unpaired) electrons. The van der Waals surface area contributed by atoms with Crippen molar-refractivity contribution in [2.75, 3.05) is 31.3 Å². The van der Waals surface area contributed by atoms with Crippen molar-refractivity contribution in [3.8, 4) is 5.75 Å². The number of aryl methyl sites for hydroxylation is 1. The summed E-state index contributed by atoms with van der Waals surface area (Å²) in [5.41, 5.74) is 1.86. The molecular weight excluding hydrogens is 418 g/mol. The fraction of sp³-hybridized carbons (Fsp3) is 0.273. The van der Waals surface area contributed by atoms with Crippen molar-refractivity contribution in [1.29, 1.82) is 0 Å². The first-order valence-electron chi connectivity index (χ1n) is 9.69. The van der Waals surface area contributed by atoms with Crippen LogP contribution in [0.25, 0.3) is 0 Å². The van der Waals surface area contributed by atoms with Crippen LogP contribution in [0.15, 0.2) is 60.0 Å². The summed E-state index contributed by atoms with van der Waals surface area (Å²) in [5, 5.41) is 5.40. The summed E-state index contributed by atoms with van der Waals surface area (Å²) < 4.78 is 31.4. The van der Waals surface area contributed by atoms with E-state index in [0.717, 1.165) is 9.87 Å². The molecule has 9 heteroatoms. The van der Waals surface area contributed by atoms with Crippen molar-refractivity contribution >= 4 is 33.2 Å². The largest absolute Gasteiger partial charge is 0.492 e. The molecule has 2 aromatic rings. The highest BCUT2D eigenvalue weighted by atomic mass is 32.2. The SMILES string of the molecule is C=CC(=O)Nc1ccc(CCC(=O)Nc2cc(S(=O)(=O)N(C)C)ccc2OCC)cc1. The minimum atomic E-state index is -3.65. The molecule has 0 aliphatic heterocycles. The average molecular weight is 446 g/mol. The van der Waals surface area contributed by atoms with E-state index in [1.807, 2.05) is 12.1 Å². The van der Waals surface area contributed by atoms with Crippen molar-refractivity contribution in [2.45, 2.75) is 24.7 Å². The van der Waals surface area contributed by atoms with Crippen LogP contribution in [-0.4, -0.2) is 45.2 Å². The van der Waals surface area contributed by atoms with Crippen molar-refractivity contribution < 1.29 is 22.7 Å². The summed E-state index contributed by atoms with van der Waals surface area (Å²) in [6.07, 6.45) is 1.85. The van der Waals surface area contributed by atoms with Crippen LogP contribution in [0, 0.1) is 0 Å². The van der Waals surface area contributed by atoms with Crippen molar-refractivity contribution in [2.24, 2.45) is 0 Å². The monoisotopic (exact) mass is 445 g/mol. The minimum Gasteiger partial charge on any atom is -0.492 e. The molecule has 2 N–H and O–H groups in total. The topological polar surface area (TPSA) is 105 Å². The number of benzene rings is 2.